The summed E-state index contributed by atoms with van der Waals surface area (Å²) in [5.41, 5.74) is 2.30. The Morgan fingerprint density at radius 2 is 2.07 bits per heavy atom. The minimum Gasteiger partial charge on any atom is -0.493 e. The van der Waals surface area contributed by atoms with Crippen LogP contribution in [0.3, 0.4) is 0 Å². The van der Waals surface area contributed by atoms with E-state index in [0.29, 0.717) is 16.5 Å². The van der Waals surface area contributed by atoms with Crippen LogP contribution in [-0.2, 0) is 0 Å². The highest BCUT2D eigenvalue weighted by Crippen LogP contribution is 2.35. The first-order valence-electron chi connectivity index (χ1n) is 8.17. The summed E-state index contributed by atoms with van der Waals surface area (Å²) in [5, 5.41) is 5.16. The maximum atomic E-state index is 12.6. The van der Waals surface area contributed by atoms with Crippen molar-refractivity contribution in [2.24, 2.45) is 0 Å². The van der Waals surface area contributed by atoms with Gasteiger partial charge in [0, 0.05) is 5.39 Å². The molecule has 27 heavy (non-hydrogen) atoms. The van der Waals surface area contributed by atoms with Crippen molar-refractivity contribution in [2.75, 3.05) is 12.4 Å². The Labute approximate surface area is 161 Å². The molecule has 0 unspecified atom stereocenters. The zero-order valence-electron chi connectivity index (χ0n) is 14.4. The molecule has 3 aromatic heterocycles. The molecule has 8 heteroatoms. The van der Waals surface area contributed by atoms with Gasteiger partial charge in [0.2, 0.25) is 0 Å². The Hall–Kier alpha value is -2.97. The molecular formula is C19H13N3O3S2. The van der Waals surface area contributed by atoms with Crippen LogP contribution >= 0.6 is 22.7 Å². The van der Waals surface area contributed by atoms with Crippen molar-refractivity contribution >= 4 is 65.1 Å². The van der Waals surface area contributed by atoms with Crippen LogP contribution in [0, 0.1) is 6.92 Å². The van der Waals surface area contributed by atoms with Crippen LogP contribution in [-0.4, -0.2) is 23.0 Å². The third-order valence-corrected chi connectivity index (χ3v) is 6.12. The Kier molecular flexibility index (Phi) is 3.63. The maximum Gasteiger partial charge on any atom is 0.293 e. The molecule has 0 fully saturated rings. The lowest BCUT2D eigenvalue weighted by molar-refractivity contribution is 0.0998. The number of aromatic nitrogens is 2. The average molecular weight is 395 g/mol. The van der Waals surface area contributed by atoms with Gasteiger partial charge in [0.25, 0.3) is 5.91 Å². The lowest BCUT2D eigenvalue weighted by atomic mass is 10.2. The standard InChI is InChI=1S/C19H13N3O3S2/c1-9-20-15-14(26-9)7-6-11-17(15)27-19(21-11)22-18(23)13-8-10-4-3-5-12(24-2)16(10)25-13/h3-8H,1-2H3,(H,21,22,23). The molecule has 0 saturated carbocycles. The van der Waals surface area contributed by atoms with E-state index in [1.807, 2.05) is 31.2 Å². The van der Waals surface area contributed by atoms with E-state index in [9.17, 15) is 4.79 Å². The molecule has 0 saturated heterocycles. The summed E-state index contributed by atoms with van der Waals surface area (Å²) >= 11 is 3.06. The summed E-state index contributed by atoms with van der Waals surface area (Å²) in [6.45, 7) is 1.98. The first-order valence-corrected chi connectivity index (χ1v) is 9.80. The number of anilines is 1. The van der Waals surface area contributed by atoms with Crippen LogP contribution < -0.4 is 10.1 Å². The Morgan fingerprint density at radius 3 is 2.93 bits per heavy atom. The molecule has 0 spiro atoms. The number of aryl methyl sites for hydroxylation is 1. The molecule has 0 aliphatic heterocycles. The highest BCUT2D eigenvalue weighted by atomic mass is 32.1. The quantitative estimate of drug-likeness (QED) is 0.453. The van der Waals surface area contributed by atoms with Gasteiger partial charge in [0.1, 0.15) is 5.52 Å². The van der Waals surface area contributed by atoms with E-state index in [0.717, 1.165) is 30.8 Å². The summed E-state index contributed by atoms with van der Waals surface area (Å²) in [6.07, 6.45) is 0. The number of hydrogen-bond acceptors (Lipinski definition) is 7. The molecule has 0 aliphatic carbocycles. The average Bonchev–Trinajstić information content (AvgIpc) is 3.35. The minimum absolute atomic E-state index is 0.211. The first-order chi connectivity index (χ1) is 13.1. The summed E-state index contributed by atoms with van der Waals surface area (Å²) in [4.78, 5) is 21.7. The third-order valence-electron chi connectivity index (χ3n) is 4.19. The Morgan fingerprint density at radius 1 is 1.19 bits per heavy atom. The smallest absolute Gasteiger partial charge is 0.293 e. The summed E-state index contributed by atoms with van der Waals surface area (Å²) in [7, 11) is 1.57. The second-order valence-corrected chi connectivity index (χ2v) is 8.19. The molecule has 134 valence electrons. The fraction of sp³-hybridized carbons (Fsp3) is 0.105. The number of hydrogen-bond donors (Lipinski definition) is 1. The van der Waals surface area contributed by atoms with Crippen LogP contribution in [0.1, 0.15) is 15.6 Å². The van der Waals surface area contributed by atoms with E-state index in [1.165, 1.54) is 11.3 Å². The molecule has 0 atom stereocenters. The number of carbonyl (C=O) groups is 1. The number of nitrogens with one attached hydrogen (secondary N) is 1. The van der Waals surface area contributed by atoms with Gasteiger partial charge in [-0.1, -0.05) is 23.5 Å². The number of thiazole rings is 2. The van der Waals surface area contributed by atoms with Crippen LogP contribution in [0.4, 0.5) is 5.13 Å². The van der Waals surface area contributed by atoms with Crippen LogP contribution in [0.2, 0.25) is 0 Å². The Balaban J connectivity index is 1.51. The number of ether oxygens (including phenoxy) is 1. The summed E-state index contributed by atoms with van der Waals surface area (Å²) in [6, 6.07) is 11.2. The van der Waals surface area contributed by atoms with Gasteiger partial charge >= 0.3 is 0 Å². The van der Waals surface area contributed by atoms with Crippen LogP contribution in [0.5, 0.6) is 5.75 Å². The summed E-state index contributed by atoms with van der Waals surface area (Å²) < 4.78 is 13.1. The SMILES string of the molecule is COc1cccc2cc(C(=O)Nc3nc4ccc5sc(C)nc5c4s3)oc12. The van der Waals surface area contributed by atoms with E-state index in [-0.39, 0.29) is 11.7 Å². The topological polar surface area (TPSA) is 77.2 Å². The molecule has 0 aliphatic rings. The van der Waals surface area contributed by atoms with Crippen molar-refractivity contribution in [1.29, 1.82) is 0 Å². The molecule has 0 bridgehead atoms. The highest BCUT2D eigenvalue weighted by molar-refractivity contribution is 7.24. The van der Waals surface area contributed by atoms with E-state index in [1.54, 1.807) is 30.6 Å². The molecule has 5 rings (SSSR count). The molecule has 2 aromatic carbocycles. The number of methoxy groups -OCH3 is 1. The zero-order chi connectivity index (χ0) is 18.5. The lowest BCUT2D eigenvalue weighted by Gasteiger charge is -1.99. The number of rotatable bonds is 3. The number of fused-ring (bicyclic) bond motifs is 4. The van der Waals surface area contributed by atoms with Gasteiger partial charge in [-0.2, -0.15) is 0 Å². The van der Waals surface area contributed by atoms with Gasteiger partial charge in [-0.05, 0) is 31.2 Å². The molecule has 3 heterocycles. The predicted molar refractivity (Wildman–Crippen MR) is 108 cm³/mol. The molecule has 0 radical (unpaired) electrons. The molecule has 5 aromatic rings. The van der Waals surface area contributed by atoms with Gasteiger partial charge in [-0.15, -0.1) is 11.3 Å². The minimum atomic E-state index is -0.349. The molecule has 6 nitrogen and oxygen atoms in total. The molecule has 1 N–H and O–H groups in total. The normalized spacial score (nSPS) is 11.5. The molecule has 1 amide bonds. The lowest BCUT2D eigenvalue weighted by Crippen LogP contribution is -2.10. The van der Waals surface area contributed by atoms with E-state index < -0.39 is 0 Å². The van der Waals surface area contributed by atoms with Gasteiger partial charge in [0.05, 0.1) is 27.0 Å². The van der Waals surface area contributed by atoms with Gasteiger partial charge in [0.15, 0.2) is 22.2 Å². The van der Waals surface area contributed by atoms with E-state index >= 15 is 0 Å². The van der Waals surface area contributed by atoms with E-state index in [4.69, 9.17) is 9.15 Å². The number of benzene rings is 2. The van der Waals surface area contributed by atoms with Crippen molar-refractivity contribution < 1.29 is 13.9 Å². The first kappa shape index (κ1) is 16.2. The number of nitrogens with zero attached hydrogens (tertiary/aromatic N) is 2. The maximum absolute atomic E-state index is 12.6. The monoisotopic (exact) mass is 395 g/mol. The van der Waals surface area contributed by atoms with Crippen molar-refractivity contribution in [3.05, 3.63) is 47.2 Å². The number of para-hydroxylation sites is 1. The van der Waals surface area contributed by atoms with Gasteiger partial charge < -0.3 is 9.15 Å². The summed E-state index contributed by atoms with van der Waals surface area (Å²) in [5.74, 6) is 0.453. The van der Waals surface area contributed by atoms with Crippen LogP contribution in [0.25, 0.3) is 31.4 Å². The number of amides is 1. The van der Waals surface area contributed by atoms with E-state index in [2.05, 4.69) is 15.3 Å². The second-order valence-electron chi connectivity index (χ2n) is 5.96. The number of furan rings is 1. The van der Waals surface area contributed by atoms with Crippen molar-refractivity contribution in [3.63, 3.8) is 0 Å². The molecular weight excluding hydrogens is 382 g/mol. The fourth-order valence-corrected chi connectivity index (χ4v) is 4.86. The highest BCUT2D eigenvalue weighted by Gasteiger charge is 2.17. The largest absolute Gasteiger partial charge is 0.493 e. The van der Waals surface area contributed by atoms with Crippen LogP contribution in [0.15, 0.2) is 40.8 Å². The zero-order valence-corrected chi connectivity index (χ0v) is 16.0. The van der Waals surface area contributed by atoms with Gasteiger partial charge in [-0.3, -0.25) is 10.1 Å². The van der Waals surface area contributed by atoms with Crippen molar-refractivity contribution in [3.8, 4) is 5.75 Å². The number of carbonyl (C=O) groups excluding carboxylic acids is 1. The fourth-order valence-electron chi connectivity index (χ4n) is 3.01. The Bertz CT molecular complexity index is 1330. The van der Waals surface area contributed by atoms with Gasteiger partial charge in [-0.25, -0.2) is 9.97 Å². The second kappa shape index (κ2) is 6.04. The third kappa shape index (κ3) is 2.65. The van der Waals surface area contributed by atoms with Crippen molar-refractivity contribution in [1.82, 2.24) is 9.97 Å². The predicted octanol–water partition coefficient (Wildman–Crippen LogP) is 5.22. The van der Waals surface area contributed by atoms with Crippen molar-refractivity contribution in [2.45, 2.75) is 6.92 Å².